The molecular formula is C12H19N3O3S. The lowest BCUT2D eigenvalue weighted by molar-refractivity contribution is 0.376. The fraction of sp³-hybridized carbons (Fsp3) is 0.583. The summed E-state index contributed by atoms with van der Waals surface area (Å²) in [5.41, 5.74) is 0. The maximum Gasteiger partial charge on any atom is 0.275 e. The maximum absolute atomic E-state index is 11.8. The van der Waals surface area contributed by atoms with E-state index in [1.165, 1.54) is 20.2 Å². The van der Waals surface area contributed by atoms with Gasteiger partial charge in [0.1, 0.15) is 5.76 Å². The highest BCUT2D eigenvalue weighted by Gasteiger charge is 2.21. The highest BCUT2D eigenvalue weighted by Crippen LogP contribution is 2.16. The fourth-order valence-corrected chi connectivity index (χ4v) is 2.30. The fourth-order valence-electron chi connectivity index (χ4n) is 1.49. The minimum absolute atomic E-state index is 0.0670. The molecule has 1 aromatic heterocycles. The van der Waals surface area contributed by atoms with Crippen molar-refractivity contribution in [2.24, 2.45) is 0 Å². The van der Waals surface area contributed by atoms with Crippen LogP contribution >= 0.6 is 0 Å². The first kappa shape index (κ1) is 15.7. The maximum atomic E-state index is 11.8. The predicted molar refractivity (Wildman–Crippen MR) is 70.7 cm³/mol. The van der Waals surface area contributed by atoms with Gasteiger partial charge in [-0.2, -0.15) is 5.26 Å². The van der Waals surface area contributed by atoms with E-state index >= 15 is 0 Å². The summed E-state index contributed by atoms with van der Waals surface area (Å²) >= 11 is 0. The summed E-state index contributed by atoms with van der Waals surface area (Å²) < 4.78 is 30.0. The zero-order valence-electron chi connectivity index (χ0n) is 11.4. The molecule has 6 nitrogen and oxygen atoms in total. The molecule has 0 aliphatic rings. The number of nitrogens with zero attached hydrogens (tertiary/aromatic N) is 2. The van der Waals surface area contributed by atoms with Crippen molar-refractivity contribution in [3.63, 3.8) is 0 Å². The third-order valence-corrected chi connectivity index (χ3v) is 4.46. The van der Waals surface area contributed by atoms with Crippen LogP contribution in [0.4, 0.5) is 0 Å². The normalized spacial score (nSPS) is 13.4. The second kappa shape index (κ2) is 6.70. The average Bonchev–Trinajstić information content (AvgIpc) is 2.83. The summed E-state index contributed by atoms with van der Waals surface area (Å²) in [7, 11) is -0.616. The van der Waals surface area contributed by atoms with Gasteiger partial charge in [-0.15, -0.1) is 0 Å². The van der Waals surface area contributed by atoms with Crippen LogP contribution in [0.15, 0.2) is 21.6 Å². The van der Waals surface area contributed by atoms with E-state index in [0.717, 1.165) is 10.7 Å². The number of sulfonamides is 1. The lowest BCUT2D eigenvalue weighted by Gasteiger charge is -2.12. The van der Waals surface area contributed by atoms with E-state index in [9.17, 15) is 8.42 Å². The Kier molecular flexibility index (Phi) is 5.54. The van der Waals surface area contributed by atoms with Crippen LogP contribution in [0, 0.1) is 11.3 Å². The molecular weight excluding hydrogens is 266 g/mol. The highest BCUT2D eigenvalue weighted by molar-refractivity contribution is 7.88. The number of hydrogen-bond acceptors (Lipinski definition) is 5. The van der Waals surface area contributed by atoms with Gasteiger partial charge < -0.3 is 9.73 Å². The molecule has 0 aliphatic heterocycles. The summed E-state index contributed by atoms with van der Waals surface area (Å²) in [4.78, 5) is 0. The van der Waals surface area contributed by atoms with Crippen LogP contribution in [0.1, 0.15) is 25.5 Å². The molecule has 7 heteroatoms. The molecule has 0 saturated heterocycles. The van der Waals surface area contributed by atoms with E-state index in [2.05, 4.69) is 11.4 Å². The molecule has 106 valence electrons. The van der Waals surface area contributed by atoms with Crippen LogP contribution in [0.3, 0.4) is 0 Å². The first-order chi connectivity index (χ1) is 8.91. The second-order valence-corrected chi connectivity index (χ2v) is 6.44. The molecule has 1 N–H and O–H groups in total. The Morgan fingerprint density at radius 2 is 2.16 bits per heavy atom. The van der Waals surface area contributed by atoms with Gasteiger partial charge in [-0.25, -0.2) is 12.7 Å². The van der Waals surface area contributed by atoms with Gasteiger partial charge in [-0.05, 0) is 18.6 Å². The molecule has 0 bridgehead atoms. The van der Waals surface area contributed by atoms with Gasteiger partial charge >= 0.3 is 0 Å². The van der Waals surface area contributed by atoms with Crippen molar-refractivity contribution in [1.82, 2.24) is 9.62 Å². The van der Waals surface area contributed by atoms with E-state index < -0.39 is 10.0 Å². The third kappa shape index (κ3) is 4.06. The summed E-state index contributed by atoms with van der Waals surface area (Å²) in [6, 6.07) is 5.26. The molecule has 1 heterocycles. The standard InChI is InChI=1S/C12H19N3O3S/c1-4-10(7-8-13)14-9-11-5-6-12(18-11)19(16,17)15(2)3/h5-6,10,14H,4,7,9H2,1-3H3. The van der Waals surface area contributed by atoms with Gasteiger partial charge in [0, 0.05) is 20.1 Å². The molecule has 0 aliphatic carbocycles. The monoisotopic (exact) mass is 285 g/mol. The Morgan fingerprint density at radius 3 is 2.68 bits per heavy atom. The van der Waals surface area contributed by atoms with Crippen LogP contribution in [-0.2, 0) is 16.6 Å². The predicted octanol–water partition coefficient (Wildman–Crippen LogP) is 1.31. The number of hydrogen-bond donors (Lipinski definition) is 1. The van der Waals surface area contributed by atoms with E-state index in [4.69, 9.17) is 9.68 Å². The minimum Gasteiger partial charge on any atom is -0.447 e. The van der Waals surface area contributed by atoms with Crippen molar-refractivity contribution >= 4 is 10.0 Å². The van der Waals surface area contributed by atoms with Gasteiger partial charge in [0.2, 0.25) is 5.09 Å². The quantitative estimate of drug-likeness (QED) is 0.816. The van der Waals surface area contributed by atoms with E-state index in [0.29, 0.717) is 18.7 Å². The Bertz CT molecular complexity index is 543. The molecule has 1 atom stereocenters. The molecule has 0 fully saturated rings. The molecule has 1 unspecified atom stereocenters. The van der Waals surface area contributed by atoms with Crippen LogP contribution < -0.4 is 5.32 Å². The number of nitriles is 1. The first-order valence-corrected chi connectivity index (χ1v) is 7.47. The molecule has 0 radical (unpaired) electrons. The van der Waals surface area contributed by atoms with Gasteiger partial charge in [0.15, 0.2) is 0 Å². The lowest BCUT2D eigenvalue weighted by Crippen LogP contribution is -2.27. The molecule has 0 saturated carbocycles. The summed E-state index contributed by atoms with van der Waals surface area (Å²) in [6.07, 6.45) is 1.25. The van der Waals surface area contributed by atoms with Crippen molar-refractivity contribution in [3.8, 4) is 6.07 Å². The zero-order valence-corrected chi connectivity index (χ0v) is 12.2. The lowest BCUT2D eigenvalue weighted by atomic mass is 10.1. The Balaban J connectivity index is 2.69. The molecule has 1 aromatic rings. The topological polar surface area (TPSA) is 86.3 Å². The minimum atomic E-state index is -3.52. The smallest absolute Gasteiger partial charge is 0.275 e. The Morgan fingerprint density at radius 1 is 1.47 bits per heavy atom. The van der Waals surface area contributed by atoms with Crippen LogP contribution in [0.5, 0.6) is 0 Å². The van der Waals surface area contributed by atoms with Crippen molar-refractivity contribution < 1.29 is 12.8 Å². The van der Waals surface area contributed by atoms with Gasteiger partial charge in [-0.3, -0.25) is 0 Å². The number of rotatable bonds is 7. The highest BCUT2D eigenvalue weighted by atomic mass is 32.2. The van der Waals surface area contributed by atoms with Crippen LogP contribution in [-0.4, -0.2) is 32.9 Å². The zero-order chi connectivity index (χ0) is 14.5. The van der Waals surface area contributed by atoms with Gasteiger partial charge in [0.05, 0.1) is 19.0 Å². The van der Waals surface area contributed by atoms with Crippen LogP contribution in [0.2, 0.25) is 0 Å². The summed E-state index contributed by atoms with van der Waals surface area (Å²) in [5.74, 6) is 0.539. The van der Waals surface area contributed by atoms with E-state index in [-0.39, 0.29) is 11.1 Å². The molecule has 0 aromatic carbocycles. The van der Waals surface area contributed by atoms with E-state index in [1.54, 1.807) is 6.07 Å². The Labute approximate surface area is 114 Å². The van der Waals surface area contributed by atoms with Gasteiger partial charge in [-0.1, -0.05) is 6.92 Å². The first-order valence-electron chi connectivity index (χ1n) is 6.03. The number of furan rings is 1. The van der Waals surface area contributed by atoms with Gasteiger partial charge in [0.25, 0.3) is 10.0 Å². The second-order valence-electron chi connectivity index (χ2n) is 4.36. The summed E-state index contributed by atoms with van der Waals surface area (Å²) in [6.45, 7) is 2.39. The Hall–Kier alpha value is -1.36. The van der Waals surface area contributed by atoms with Crippen molar-refractivity contribution in [2.45, 2.75) is 37.4 Å². The van der Waals surface area contributed by atoms with Crippen molar-refractivity contribution in [3.05, 3.63) is 17.9 Å². The SMILES string of the molecule is CCC(CC#N)NCc1ccc(S(=O)(=O)N(C)C)o1. The summed E-state index contributed by atoms with van der Waals surface area (Å²) in [5, 5.41) is 11.7. The largest absolute Gasteiger partial charge is 0.447 e. The molecule has 19 heavy (non-hydrogen) atoms. The average molecular weight is 285 g/mol. The molecule has 1 rings (SSSR count). The third-order valence-electron chi connectivity index (χ3n) is 2.77. The molecule has 0 amide bonds. The number of nitrogens with one attached hydrogen (secondary N) is 1. The van der Waals surface area contributed by atoms with Crippen LogP contribution in [0.25, 0.3) is 0 Å². The van der Waals surface area contributed by atoms with Crippen molar-refractivity contribution in [2.75, 3.05) is 14.1 Å². The van der Waals surface area contributed by atoms with E-state index in [1.807, 2.05) is 6.92 Å². The van der Waals surface area contributed by atoms with Crippen molar-refractivity contribution in [1.29, 1.82) is 5.26 Å². The molecule has 0 spiro atoms.